The molecule has 1 aliphatic heterocycles. The third-order valence-electron chi connectivity index (χ3n) is 3.56. The number of amides is 1. The van der Waals surface area contributed by atoms with Gasteiger partial charge in [0.2, 0.25) is 0 Å². The fourth-order valence-corrected chi connectivity index (χ4v) is 4.00. The number of phenols is 1. The SMILES string of the molecule is CN(C(=O)COC(=O)c1cccc(O)c1)[C@H]1CCS(=O)(=O)C1. The predicted molar refractivity (Wildman–Crippen MR) is 78.2 cm³/mol. The first kappa shape index (κ1) is 16.3. The van der Waals surface area contributed by atoms with Gasteiger partial charge in [-0.1, -0.05) is 6.07 Å². The van der Waals surface area contributed by atoms with E-state index in [4.69, 9.17) is 4.74 Å². The Morgan fingerprint density at radius 1 is 1.41 bits per heavy atom. The highest BCUT2D eigenvalue weighted by Crippen LogP contribution is 2.17. The number of nitrogens with zero attached hydrogens (tertiary/aromatic N) is 1. The van der Waals surface area contributed by atoms with Crippen molar-refractivity contribution in [3.63, 3.8) is 0 Å². The van der Waals surface area contributed by atoms with Crippen LogP contribution in [0.3, 0.4) is 0 Å². The largest absolute Gasteiger partial charge is 0.508 e. The Kier molecular flexibility index (Phi) is 4.70. The van der Waals surface area contributed by atoms with Crippen LogP contribution in [-0.4, -0.2) is 61.5 Å². The number of hydrogen-bond acceptors (Lipinski definition) is 6. The lowest BCUT2D eigenvalue weighted by atomic mass is 10.2. The highest BCUT2D eigenvalue weighted by molar-refractivity contribution is 7.91. The molecule has 8 heteroatoms. The molecule has 1 N–H and O–H groups in total. The van der Waals surface area contributed by atoms with Crippen LogP contribution in [0.2, 0.25) is 0 Å². The zero-order valence-electron chi connectivity index (χ0n) is 12.1. The Bertz CT molecular complexity index is 684. The van der Waals surface area contributed by atoms with Gasteiger partial charge in [-0.3, -0.25) is 4.79 Å². The summed E-state index contributed by atoms with van der Waals surface area (Å²) in [6.45, 7) is -0.471. The van der Waals surface area contributed by atoms with Crippen LogP contribution in [0.15, 0.2) is 24.3 Å². The molecule has 0 radical (unpaired) electrons. The average Bonchev–Trinajstić information content (AvgIpc) is 2.83. The van der Waals surface area contributed by atoms with Crippen molar-refractivity contribution in [1.29, 1.82) is 0 Å². The number of hydrogen-bond donors (Lipinski definition) is 1. The van der Waals surface area contributed by atoms with E-state index >= 15 is 0 Å². The van der Waals surface area contributed by atoms with E-state index in [1.807, 2.05) is 0 Å². The van der Waals surface area contributed by atoms with E-state index < -0.39 is 28.3 Å². The van der Waals surface area contributed by atoms with Gasteiger partial charge in [0.05, 0.1) is 17.1 Å². The summed E-state index contributed by atoms with van der Waals surface area (Å²) in [5.41, 5.74) is 0.138. The molecule has 2 rings (SSSR count). The van der Waals surface area contributed by atoms with Crippen LogP contribution < -0.4 is 0 Å². The first-order valence-corrected chi connectivity index (χ1v) is 8.53. The fourth-order valence-electron chi connectivity index (χ4n) is 2.23. The lowest BCUT2D eigenvalue weighted by molar-refractivity contribution is -0.134. The van der Waals surface area contributed by atoms with Crippen LogP contribution in [0.25, 0.3) is 0 Å². The fraction of sp³-hybridized carbons (Fsp3) is 0.429. The maximum Gasteiger partial charge on any atom is 0.338 e. The van der Waals surface area contributed by atoms with Crippen molar-refractivity contribution in [3.05, 3.63) is 29.8 Å². The van der Waals surface area contributed by atoms with E-state index in [-0.39, 0.29) is 28.9 Å². The summed E-state index contributed by atoms with van der Waals surface area (Å²) in [7, 11) is -1.59. The Hall–Kier alpha value is -2.09. The van der Waals surface area contributed by atoms with Crippen LogP contribution in [0.4, 0.5) is 0 Å². The van der Waals surface area contributed by atoms with Crippen molar-refractivity contribution >= 4 is 21.7 Å². The Balaban J connectivity index is 1.88. The molecule has 7 nitrogen and oxygen atoms in total. The quantitative estimate of drug-likeness (QED) is 0.793. The molecule has 1 fully saturated rings. The maximum atomic E-state index is 11.9. The van der Waals surface area contributed by atoms with E-state index in [0.29, 0.717) is 6.42 Å². The van der Waals surface area contributed by atoms with Gasteiger partial charge in [0.15, 0.2) is 16.4 Å². The number of carbonyl (C=O) groups is 2. The number of benzene rings is 1. The number of sulfone groups is 1. The molecule has 22 heavy (non-hydrogen) atoms. The zero-order valence-corrected chi connectivity index (χ0v) is 12.9. The molecule has 0 bridgehead atoms. The number of carbonyl (C=O) groups excluding carboxylic acids is 2. The van der Waals surface area contributed by atoms with Crippen LogP contribution in [0.5, 0.6) is 5.75 Å². The standard InChI is InChI=1S/C14H17NO6S/c1-15(11-5-6-22(19,20)9-11)13(17)8-21-14(18)10-3-2-4-12(16)7-10/h2-4,7,11,16H,5-6,8-9H2,1H3/t11-/m0/s1. The molecule has 1 aliphatic rings. The van der Waals surface area contributed by atoms with Crippen LogP contribution in [0.1, 0.15) is 16.8 Å². The van der Waals surface area contributed by atoms with E-state index in [9.17, 15) is 23.1 Å². The first-order valence-electron chi connectivity index (χ1n) is 6.71. The second-order valence-corrected chi connectivity index (χ2v) is 7.42. The molecule has 1 aromatic rings. The van der Waals surface area contributed by atoms with Crippen molar-refractivity contribution in [3.8, 4) is 5.75 Å². The summed E-state index contributed by atoms with van der Waals surface area (Å²) in [4.78, 5) is 25.0. The monoisotopic (exact) mass is 327 g/mol. The van der Waals surface area contributed by atoms with Gasteiger partial charge in [-0.05, 0) is 24.6 Å². The van der Waals surface area contributed by atoms with Crippen molar-refractivity contribution in [2.45, 2.75) is 12.5 Å². The van der Waals surface area contributed by atoms with Gasteiger partial charge in [-0.25, -0.2) is 13.2 Å². The highest BCUT2D eigenvalue weighted by Gasteiger charge is 2.32. The average molecular weight is 327 g/mol. The number of esters is 1. The summed E-state index contributed by atoms with van der Waals surface area (Å²) >= 11 is 0. The molecule has 0 aliphatic carbocycles. The zero-order chi connectivity index (χ0) is 16.3. The molecular weight excluding hydrogens is 310 g/mol. The summed E-state index contributed by atoms with van der Waals surface area (Å²) < 4.78 is 27.7. The third-order valence-corrected chi connectivity index (χ3v) is 5.31. The molecule has 0 spiro atoms. The normalized spacial score (nSPS) is 19.6. The Morgan fingerprint density at radius 2 is 2.14 bits per heavy atom. The van der Waals surface area contributed by atoms with E-state index in [2.05, 4.69) is 0 Å². The molecule has 120 valence electrons. The van der Waals surface area contributed by atoms with Gasteiger partial charge in [-0.15, -0.1) is 0 Å². The van der Waals surface area contributed by atoms with E-state index in [1.54, 1.807) is 0 Å². The molecule has 1 amide bonds. The van der Waals surface area contributed by atoms with E-state index in [0.717, 1.165) is 0 Å². The second kappa shape index (κ2) is 6.35. The maximum absolute atomic E-state index is 11.9. The molecule has 1 saturated heterocycles. The molecule has 1 aromatic carbocycles. The van der Waals surface area contributed by atoms with Crippen molar-refractivity contribution in [2.75, 3.05) is 25.2 Å². The van der Waals surface area contributed by atoms with Crippen molar-refractivity contribution in [1.82, 2.24) is 4.90 Å². The number of rotatable bonds is 4. The summed E-state index contributed by atoms with van der Waals surface area (Å²) in [5, 5.41) is 9.28. The van der Waals surface area contributed by atoms with Gasteiger partial charge in [0.1, 0.15) is 5.75 Å². The second-order valence-electron chi connectivity index (χ2n) is 5.19. The highest BCUT2D eigenvalue weighted by atomic mass is 32.2. The molecule has 1 heterocycles. The minimum Gasteiger partial charge on any atom is -0.508 e. The van der Waals surface area contributed by atoms with Crippen molar-refractivity contribution < 1.29 is 27.9 Å². The molecule has 0 saturated carbocycles. The van der Waals surface area contributed by atoms with Gasteiger partial charge in [0, 0.05) is 13.1 Å². The number of likely N-dealkylation sites (N-methyl/N-ethyl adjacent to an activating group) is 1. The lowest BCUT2D eigenvalue weighted by Crippen LogP contribution is -2.40. The smallest absolute Gasteiger partial charge is 0.338 e. The van der Waals surface area contributed by atoms with Gasteiger partial charge in [-0.2, -0.15) is 0 Å². The lowest BCUT2D eigenvalue weighted by Gasteiger charge is -2.23. The molecule has 0 aromatic heterocycles. The molecule has 0 unspecified atom stereocenters. The molecular formula is C14H17NO6S. The minimum absolute atomic E-state index is 0.0598. The van der Waals surface area contributed by atoms with Crippen LogP contribution in [-0.2, 0) is 19.4 Å². The third kappa shape index (κ3) is 3.97. The topological polar surface area (TPSA) is 101 Å². The predicted octanol–water partition coefficient (Wildman–Crippen LogP) is 0.195. The number of phenolic OH excluding ortho intramolecular Hbond substituents is 1. The van der Waals surface area contributed by atoms with Gasteiger partial charge < -0.3 is 14.7 Å². The summed E-state index contributed by atoms with van der Waals surface area (Å²) in [5.74, 6) is -1.25. The minimum atomic E-state index is -3.08. The van der Waals surface area contributed by atoms with Crippen molar-refractivity contribution in [2.24, 2.45) is 0 Å². The van der Waals surface area contributed by atoms with E-state index in [1.165, 1.54) is 36.2 Å². The van der Waals surface area contributed by atoms with Crippen LogP contribution in [0, 0.1) is 0 Å². The summed E-state index contributed by atoms with van der Waals surface area (Å²) in [6.07, 6.45) is 0.394. The van der Waals surface area contributed by atoms with Crippen LogP contribution >= 0.6 is 0 Å². The number of aromatic hydroxyl groups is 1. The van der Waals surface area contributed by atoms with Gasteiger partial charge in [0.25, 0.3) is 5.91 Å². The summed E-state index contributed by atoms with van der Waals surface area (Å²) in [6, 6.07) is 5.22. The Morgan fingerprint density at radius 3 is 2.73 bits per heavy atom. The van der Waals surface area contributed by atoms with Gasteiger partial charge >= 0.3 is 5.97 Å². The number of ether oxygens (including phenoxy) is 1. The Labute approximate surface area is 128 Å². The molecule has 1 atom stereocenters. The first-order chi connectivity index (χ1) is 10.3.